The van der Waals surface area contributed by atoms with Gasteiger partial charge in [0.05, 0.1) is 0 Å². The van der Waals surface area contributed by atoms with Crippen molar-refractivity contribution in [1.29, 1.82) is 0 Å². The number of urea groups is 1. The molecule has 0 unspecified atom stereocenters. The Morgan fingerprint density at radius 1 is 1.60 bits per heavy atom. The Labute approximate surface area is 121 Å². The number of hydrogen-bond donors (Lipinski definition) is 2. The predicted molar refractivity (Wildman–Crippen MR) is 72.8 cm³/mol. The quantitative estimate of drug-likeness (QED) is 0.885. The van der Waals surface area contributed by atoms with Crippen molar-refractivity contribution in [3.63, 3.8) is 0 Å². The molecule has 1 atom stereocenters. The van der Waals surface area contributed by atoms with Crippen LogP contribution >= 0.6 is 11.6 Å². The number of carbonyl (C=O) groups excluding carboxylic acids is 2. The van der Waals surface area contributed by atoms with E-state index in [1.54, 1.807) is 0 Å². The minimum absolute atomic E-state index is 0.195. The molecule has 1 aromatic carbocycles. The molecule has 1 aromatic rings. The number of nitrogens with one attached hydrogen (secondary N) is 2. The van der Waals surface area contributed by atoms with Crippen molar-refractivity contribution in [1.82, 2.24) is 15.5 Å². The third-order valence-corrected chi connectivity index (χ3v) is 3.55. The van der Waals surface area contributed by atoms with Gasteiger partial charge in [0.25, 0.3) is 0 Å². The second-order valence-electron chi connectivity index (χ2n) is 4.44. The Morgan fingerprint density at radius 2 is 2.35 bits per heavy atom. The molecule has 1 aliphatic heterocycles. The van der Waals surface area contributed by atoms with Gasteiger partial charge in [0.15, 0.2) is 0 Å². The molecule has 1 aliphatic rings. The van der Waals surface area contributed by atoms with Crippen LogP contribution in [0.5, 0.6) is 0 Å². The number of nitrogens with zero attached hydrogens (tertiary/aromatic N) is 1. The first-order chi connectivity index (χ1) is 9.52. The van der Waals surface area contributed by atoms with Crippen molar-refractivity contribution in [3.8, 4) is 0 Å². The molecule has 20 heavy (non-hydrogen) atoms. The fourth-order valence-corrected chi connectivity index (χ4v) is 2.33. The Morgan fingerprint density at radius 3 is 3.00 bits per heavy atom. The lowest BCUT2D eigenvalue weighted by Crippen LogP contribution is -2.45. The van der Waals surface area contributed by atoms with Gasteiger partial charge in [-0.15, -0.1) is 0 Å². The highest BCUT2D eigenvalue weighted by atomic mass is 35.5. The lowest BCUT2D eigenvalue weighted by atomic mass is 10.2. The summed E-state index contributed by atoms with van der Waals surface area (Å²) in [6.45, 7) is 2.75. The largest absolute Gasteiger partial charge is 0.350 e. The number of likely N-dealkylation sites (N-methyl/N-ethyl adjacent to an activating group) is 1. The van der Waals surface area contributed by atoms with Gasteiger partial charge in [-0.3, -0.25) is 4.79 Å². The average Bonchev–Trinajstić information content (AvgIpc) is 2.78. The van der Waals surface area contributed by atoms with E-state index in [1.165, 1.54) is 23.1 Å². The molecule has 0 aromatic heterocycles. The first kappa shape index (κ1) is 14.6. The Kier molecular flexibility index (Phi) is 4.44. The van der Waals surface area contributed by atoms with E-state index in [4.69, 9.17) is 11.6 Å². The van der Waals surface area contributed by atoms with Gasteiger partial charge < -0.3 is 15.5 Å². The van der Waals surface area contributed by atoms with Gasteiger partial charge in [-0.1, -0.05) is 17.7 Å². The smallest absolute Gasteiger partial charge is 0.318 e. The maximum atomic E-state index is 12.9. The molecule has 108 valence electrons. The van der Waals surface area contributed by atoms with E-state index < -0.39 is 11.9 Å². The van der Waals surface area contributed by atoms with Crippen molar-refractivity contribution in [3.05, 3.63) is 34.6 Å². The zero-order valence-electron chi connectivity index (χ0n) is 11.0. The van der Waals surface area contributed by atoms with Crippen LogP contribution < -0.4 is 10.6 Å². The molecule has 0 spiro atoms. The van der Waals surface area contributed by atoms with Crippen LogP contribution in [0.25, 0.3) is 0 Å². The van der Waals surface area contributed by atoms with Gasteiger partial charge in [0.1, 0.15) is 11.9 Å². The third-order valence-electron chi connectivity index (χ3n) is 3.20. The van der Waals surface area contributed by atoms with Crippen molar-refractivity contribution in [2.75, 3.05) is 13.1 Å². The second-order valence-corrected chi connectivity index (χ2v) is 4.85. The molecular weight excluding hydrogens is 285 g/mol. The van der Waals surface area contributed by atoms with E-state index in [0.29, 0.717) is 12.1 Å². The van der Waals surface area contributed by atoms with E-state index in [-0.39, 0.29) is 30.1 Å². The normalized spacial score (nSPS) is 18.1. The summed E-state index contributed by atoms with van der Waals surface area (Å²) in [4.78, 5) is 25.0. The minimum Gasteiger partial charge on any atom is -0.350 e. The minimum atomic E-state index is -0.522. The standard InChI is InChI=1S/C13H15ClFN3O2/c1-2-18-11(7-17-13(18)20)12(19)16-6-8-3-4-9(15)5-10(8)14/h3-5,11H,2,6-7H2,1H3,(H,16,19)(H,17,20)/t11-/m0/s1. The van der Waals surface area contributed by atoms with E-state index in [2.05, 4.69) is 10.6 Å². The fourth-order valence-electron chi connectivity index (χ4n) is 2.10. The summed E-state index contributed by atoms with van der Waals surface area (Å²) in [5.41, 5.74) is 0.627. The van der Waals surface area contributed by atoms with E-state index in [0.717, 1.165) is 0 Å². The summed E-state index contributed by atoms with van der Waals surface area (Å²) < 4.78 is 12.9. The van der Waals surface area contributed by atoms with Crippen molar-refractivity contribution >= 4 is 23.5 Å². The van der Waals surface area contributed by atoms with Crippen LogP contribution in [0.4, 0.5) is 9.18 Å². The Bertz CT molecular complexity index is 538. The van der Waals surface area contributed by atoms with Gasteiger partial charge in [-0.2, -0.15) is 0 Å². The van der Waals surface area contributed by atoms with Crippen LogP contribution in [0.15, 0.2) is 18.2 Å². The van der Waals surface area contributed by atoms with Crippen molar-refractivity contribution in [2.24, 2.45) is 0 Å². The molecule has 1 heterocycles. The highest BCUT2D eigenvalue weighted by Gasteiger charge is 2.34. The monoisotopic (exact) mass is 299 g/mol. The highest BCUT2D eigenvalue weighted by Crippen LogP contribution is 2.17. The van der Waals surface area contributed by atoms with Crippen LogP contribution in [0.1, 0.15) is 12.5 Å². The van der Waals surface area contributed by atoms with Gasteiger partial charge in [-0.25, -0.2) is 9.18 Å². The number of amides is 3. The predicted octanol–water partition coefficient (Wildman–Crippen LogP) is 1.51. The number of benzene rings is 1. The molecule has 2 N–H and O–H groups in total. The maximum absolute atomic E-state index is 12.9. The molecule has 2 rings (SSSR count). The van der Waals surface area contributed by atoms with Gasteiger partial charge in [0.2, 0.25) is 5.91 Å². The SMILES string of the molecule is CCN1C(=O)NC[C@H]1C(=O)NCc1ccc(F)cc1Cl. The molecule has 1 saturated heterocycles. The second kappa shape index (κ2) is 6.09. The van der Waals surface area contributed by atoms with Gasteiger partial charge in [0, 0.05) is 24.7 Å². The van der Waals surface area contributed by atoms with E-state index >= 15 is 0 Å². The zero-order valence-corrected chi connectivity index (χ0v) is 11.7. The molecule has 3 amide bonds. The number of halogens is 2. The first-order valence-corrected chi connectivity index (χ1v) is 6.66. The summed E-state index contributed by atoms with van der Waals surface area (Å²) in [6, 6.07) is 3.24. The Balaban J connectivity index is 1.97. The van der Waals surface area contributed by atoms with Crippen LogP contribution in [-0.2, 0) is 11.3 Å². The highest BCUT2D eigenvalue weighted by molar-refractivity contribution is 6.31. The third kappa shape index (κ3) is 3.01. The number of carbonyl (C=O) groups is 2. The number of hydrogen-bond acceptors (Lipinski definition) is 2. The van der Waals surface area contributed by atoms with Crippen LogP contribution in [0.3, 0.4) is 0 Å². The summed E-state index contributed by atoms with van der Waals surface area (Å²) >= 11 is 5.88. The summed E-state index contributed by atoms with van der Waals surface area (Å²) in [5, 5.41) is 5.59. The van der Waals surface area contributed by atoms with Gasteiger partial charge in [-0.05, 0) is 24.6 Å². The Hall–Kier alpha value is -1.82. The van der Waals surface area contributed by atoms with Crippen molar-refractivity contribution < 1.29 is 14.0 Å². The maximum Gasteiger partial charge on any atom is 0.318 e. The van der Waals surface area contributed by atoms with E-state index in [9.17, 15) is 14.0 Å². The molecule has 1 fully saturated rings. The summed E-state index contributed by atoms with van der Waals surface area (Å²) in [7, 11) is 0. The van der Waals surface area contributed by atoms with Crippen LogP contribution in [0.2, 0.25) is 5.02 Å². The molecule has 0 radical (unpaired) electrons. The molecule has 0 bridgehead atoms. The lowest BCUT2D eigenvalue weighted by molar-refractivity contribution is -0.124. The van der Waals surface area contributed by atoms with E-state index in [1.807, 2.05) is 6.92 Å². The average molecular weight is 300 g/mol. The lowest BCUT2D eigenvalue weighted by Gasteiger charge is -2.20. The zero-order chi connectivity index (χ0) is 14.7. The molecular formula is C13H15ClFN3O2. The molecule has 7 heteroatoms. The number of rotatable bonds is 4. The van der Waals surface area contributed by atoms with Gasteiger partial charge >= 0.3 is 6.03 Å². The molecule has 5 nitrogen and oxygen atoms in total. The van der Waals surface area contributed by atoms with Crippen LogP contribution in [-0.4, -0.2) is 36.0 Å². The molecule has 0 saturated carbocycles. The first-order valence-electron chi connectivity index (χ1n) is 6.29. The van der Waals surface area contributed by atoms with Crippen LogP contribution in [0, 0.1) is 5.82 Å². The fraction of sp³-hybridized carbons (Fsp3) is 0.385. The molecule has 0 aliphatic carbocycles. The summed E-state index contributed by atoms with van der Waals surface area (Å²) in [5.74, 6) is -0.682. The van der Waals surface area contributed by atoms with Crippen molar-refractivity contribution in [2.45, 2.75) is 19.5 Å². The summed E-state index contributed by atoms with van der Waals surface area (Å²) in [6.07, 6.45) is 0. The topological polar surface area (TPSA) is 61.4 Å².